The molecule has 0 aliphatic carbocycles. The Kier molecular flexibility index (Phi) is 4.14. The van der Waals surface area contributed by atoms with Crippen LogP contribution in [-0.4, -0.2) is 12.4 Å². The van der Waals surface area contributed by atoms with Crippen molar-refractivity contribution in [3.8, 4) is 0 Å². The molecule has 0 saturated carbocycles. The highest BCUT2D eigenvalue weighted by atomic mass is 79.9. The Labute approximate surface area is 94.6 Å². The number of benzene rings is 1. The standard InChI is InChI=1S/C12H17BrO/c1-12(2,9-13)11-6-4-5-10(7-11)8-14-3/h4-7H,8-9H2,1-3H3. The highest BCUT2D eigenvalue weighted by Crippen LogP contribution is 2.25. The van der Waals surface area contributed by atoms with Gasteiger partial charge in [0.1, 0.15) is 0 Å². The first-order valence-corrected chi connectivity index (χ1v) is 5.86. The van der Waals surface area contributed by atoms with E-state index in [9.17, 15) is 0 Å². The maximum atomic E-state index is 5.12. The Balaban J connectivity index is 2.93. The molecule has 0 amide bonds. The van der Waals surface area contributed by atoms with E-state index in [-0.39, 0.29) is 5.41 Å². The first-order chi connectivity index (χ1) is 6.60. The number of rotatable bonds is 4. The quantitative estimate of drug-likeness (QED) is 0.750. The molecule has 14 heavy (non-hydrogen) atoms. The van der Waals surface area contributed by atoms with Gasteiger partial charge in [0.25, 0.3) is 0 Å². The smallest absolute Gasteiger partial charge is 0.0713 e. The number of alkyl halides is 1. The van der Waals surface area contributed by atoms with Gasteiger partial charge in [-0.15, -0.1) is 0 Å². The Morgan fingerprint density at radius 1 is 1.36 bits per heavy atom. The van der Waals surface area contributed by atoms with Crippen LogP contribution in [0.4, 0.5) is 0 Å². The lowest BCUT2D eigenvalue weighted by Gasteiger charge is -2.22. The number of ether oxygens (including phenoxy) is 1. The van der Waals surface area contributed by atoms with Gasteiger partial charge >= 0.3 is 0 Å². The molecule has 1 aromatic rings. The van der Waals surface area contributed by atoms with Crippen molar-refractivity contribution in [1.82, 2.24) is 0 Å². The Morgan fingerprint density at radius 3 is 2.64 bits per heavy atom. The lowest BCUT2D eigenvalue weighted by atomic mass is 9.86. The average molecular weight is 257 g/mol. The van der Waals surface area contributed by atoms with Crippen molar-refractivity contribution < 1.29 is 4.74 Å². The normalized spacial score (nSPS) is 11.7. The molecular weight excluding hydrogens is 240 g/mol. The van der Waals surface area contributed by atoms with Crippen molar-refractivity contribution in [3.05, 3.63) is 35.4 Å². The second kappa shape index (κ2) is 4.94. The van der Waals surface area contributed by atoms with Crippen molar-refractivity contribution in [2.75, 3.05) is 12.4 Å². The second-order valence-corrected chi connectivity index (χ2v) is 4.71. The van der Waals surface area contributed by atoms with E-state index >= 15 is 0 Å². The summed E-state index contributed by atoms with van der Waals surface area (Å²) in [6.07, 6.45) is 0. The number of methoxy groups -OCH3 is 1. The average Bonchev–Trinajstić information content (AvgIpc) is 2.19. The molecule has 0 bridgehead atoms. The van der Waals surface area contributed by atoms with E-state index in [1.165, 1.54) is 11.1 Å². The summed E-state index contributed by atoms with van der Waals surface area (Å²) in [7, 11) is 1.72. The minimum atomic E-state index is 0.184. The molecule has 0 aromatic heterocycles. The number of halogens is 1. The van der Waals surface area contributed by atoms with E-state index in [0.29, 0.717) is 6.61 Å². The molecule has 0 spiro atoms. The summed E-state index contributed by atoms with van der Waals surface area (Å²) in [4.78, 5) is 0. The van der Waals surface area contributed by atoms with Crippen LogP contribution in [0.1, 0.15) is 25.0 Å². The molecule has 0 aliphatic rings. The van der Waals surface area contributed by atoms with E-state index in [0.717, 1.165) is 5.33 Å². The highest BCUT2D eigenvalue weighted by Gasteiger charge is 2.18. The molecule has 1 aromatic carbocycles. The fraction of sp³-hybridized carbons (Fsp3) is 0.500. The van der Waals surface area contributed by atoms with E-state index in [1.54, 1.807) is 7.11 Å². The van der Waals surface area contributed by atoms with Crippen LogP contribution < -0.4 is 0 Å². The second-order valence-electron chi connectivity index (χ2n) is 4.15. The van der Waals surface area contributed by atoms with Crippen molar-refractivity contribution in [1.29, 1.82) is 0 Å². The zero-order valence-corrected chi connectivity index (χ0v) is 10.6. The third kappa shape index (κ3) is 2.82. The third-order valence-electron chi connectivity index (χ3n) is 2.35. The van der Waals surface area contributed by atoms with Gasteiger partial charge in [-0.25, -0.2) is 0 Å². The van der Waals surface area contributed by atoms with Crippen molar-refractivity contribution >= 4 is 15.9 Å². The maximum absolute atomic E-state index is 5.12. The number of hydrogen-bond acceptors (Lipinski definition) is 1. The van der Waals surface area contributed by atoms with Crippen LogP contribution in [0.2, 0.25) is 0 Å². The lowest BCUT2D eigenvalue weighted by Crippen LogP contribution is -2.18. The molecule has 78 valence electrons. The van der Waals surface area contributed by atoms with Crippen LogP contribution in [0.5, 0.6) is 0 Å². The SMILES string of the molecule is COCc1cccc(C(C)(C)CBr)c1. The zero-order chi connectivity index (χ0) is 10.6. The molecule has 0 aliphatic heterocycles. The van der Waals surface area contributed by atoms with Gasteiger partial charge in [-0.05, 0) is 16.5 Å². The summed E-state index contributed by atoms with van der Waals surface area (Å²) >= 11 is 3.54. The van der Waals surface area contributed by atoms with Crippen molar-refractivity contribution in [2.24, 2.45) is 0 Å². The molecule has 2 heteroatoms. The Hall–Kier alpha value is -0.340. The van der Waals surface area contributed by atoms with Gasteiger partial charge in [0, 0.05) is 12.4 Å². The molecule has 0 atom stereocenters. The van der Waals surface area contributed by atoms with Gasteiger partial charge in [0.2, 0.25) is 0 Å². The largest absolute Gasteiger partial charge is 0.380 e. The number of hydrogen-bond donors (Lipinski definition) is 0. The monoisotopic (exact) mass is 256 g/mol. The summed E-state index contributed by atoms with van der Waals surface area (Å²) in [5.74, 6) is 0. The van der Waals surface area contributed by atoms with Gasteiger partial charge in [-0.2, -0.15) is 0 Å². The van der Waals surface area contributed by atoms with Gasteiger partial charge in [0.05, 0.1) is 6.61 Å². The minimum absolute atomic E-state index is 0.184. The maximum Gasteiger partial charge on any atom is 0.0713 e. The molecule has 1 rings (SSSR count). The van der Waals surface area contributed by atoms with E-state index in [4.69, 9.17) is 4.74 Å². The lowest BCUT2D eigenvalue weighted by molar-refractivity contribution is 0.185. The van der Waals surface area contributed by atoms with Gasteiger partial charge in [0.15, 0.2) is 0 Å². The first-order valence-electron chi connectivity index (χ1n) is 4.74. The summed E-state index contributed by atoms with van der Waals surface area (Å²) < 4.78 is 5.12. The van der Waals surface area contributed by atoms with Crippen molar-refractivity contribution in [3.63, 3.8) is 0 Å². The van der Waals surface area contributed by atoms with Crippen LogP contribution in [0.25, 0.3) is 0 Å². The Morgan fingerprint density at radius 2 is 2.07 bits per heavy atom. The van der Waals surface area contributed by atoms with Crippen LogP contribution in [0.3, 0.4) is 0 Å². The van der Waals surface area contributed by atoms with Crippen LogP contribution in [-0.2, 0) is 16.8 Å². The van der Waals surface area contributed by atoms with E-state index in [1.807, 2.05) is 0 Å². The predicted octanol–water partition coefficient (Wildman–Crippen LogP) is 3.51. The first kappa shape index (κ1) is 11.7. The molecule has 0 heterocycles. The van der Waals surface area contributed by atoms with Crippen LogP contribution >= 0.6 is 15.9 Å². The predicted molar refractivity (Wildman–Crippen MR) is 64.0 cm³/mol. The molecule has 0 unspecified atom stereocenters. The molecule has 0 fully saturated rings. The molecule has 0 saturated heterocycles. The fourth-order valence-electron chi connectivity index (χ4n) is 1.33. The molecular formula is C12H17BrO. The Bertz CT molecular complexity index is 294. The highest BCUT2D eigenvalue weighted by molar-refractivity contribution is 9.09. The molecule has 0 N–H and O–H groups in total. The topological polar surface area (TPSA) is 9.23 Å². The summed E-state index contributed by atoms with van der Waals surface area (Å²) in [5, 5.41) is 0.969. The van der Waals surface area contributed by atoms with Gasteiger partial charge in [-0.1, -0.05) is 54.0 Å². The van der Waals surface area contributed by atoms with E-state index in [2.05, 4.69) is 54.0 Å². The minimum Gasteiger partial charge on any atom is -0.380 e. The zero-order valence-electron chi connectivity index (χ0n) is 9.01. The van der Waals surface area contributed by atoms with Gasteiger partial charge < -0.3 is 4.74 Å². The van der Waals surface area contributed by atoms with Crippen LogP contribution in [0.15, 0.2) is 24.3 Å². The summed E-state index contributed by atoms with van der Waals surface area (Å²) in [6.45, 7) is 5.15. The van der Waals surface area contributed by atoms with E-state index < -0.39 is 0 Å². The fourth-order valence-corrected chi connectivity index (χ4v) is 1.65. The molecule has 0 radical (unpaired) electrons. The summed E-state index contributed by atoms with van der Waals surface area (Å²) in [5.41, 5.74) is 2.77. The third-order valence-corrected chi connectivity index (χ3v) is 3.76. The molecule has 1 nitrogen and oxygen atoms in total. The van der Waals surface area contributed by atoms with Crippen LogP contribution in [0, 0.1) is 0 Å². The van der Waals surface area contributed by atoms with Crippen molar-refractivity contribution in [2.45, 2.75) is 25.9 Å². The van der Waals surface area contributed by atoms with Gasteiger partial charge in [-0.3, -0.25) is 0 Å². The summed E-state index contributed by atoms with van der Waals surface area (Å²) in [6, 6.07) is 8.57.